The van der Waals surface area contributed by atoms with Crippen molar-refractivity contribution in [3.63, 3.8) is 0 Å². The second-order valence-corrected chi connectivity index (χ2v) is 13.1. The van der Waals surface area contributed by atoms with E-state index in [0.717, 1.165) is 56.6 Å². The van der Waals surface area contributed by atoms with E-state index in [0.29, 0.717) is 41.3 Å². The fourth-order valence-electron chi connectivity index (χ4n) is 6.58. The third kappa shape index (κ3) is 7.85. The molecule has 1 fully saturated rings. The summed E-state index contributed by atoms with van der Waals surface area (Å²) in [6.07, 6.45) is 4.99. The molecule has 0 radical (unpaired) electrons. The maximum atomic E-state index is 13.5. The number of halogens is 2. The minimum Gasteiger partial charge on any atom is -0.469 e. The molecule has 0 saturated carbocycles. The number of aromatic nitrogens is 3. The number of nitrogens with zero attached hydrogens (tertiary/aromatic N) is 4. The smallest absolute Gasteiger partial charge is 0.308 e. The van der Waals surface area contributed by atoms with Gasteiger partial charge in [0.05, 0.1) is 52.8 Å². The number of carbonyl (C=O) groups is 3. The maximum absolute atomic E-state index is 13.5. The third-order valence-corrected chi connectivity index (χ3v) is 10.0. The van der Waals surface area contributed by atoms with Gasteiger partial charge in [-0.3, -0.25) is 28.9 Å². The van der Waals surface area contributed by atoms with Crippen LogP contribution < -0.4 is 16.0 Å². The molecule has 1 atom stereocenters. The van der Waals surface area contributed by atoms with Gasteiger partial charge in [0.15, 0.2) is 5.69 Å². The van der Waals surface area contributed by atoms with E-state index in [9.17, 15) is 14.4 Å². The molecule has 0 aliphatic carbocycles. The molecular formula is C36H39Cl2N7O5. The number of anilines is 2. The minimum atomic E-state index is -0.429. The Bertz CT molecular complexity index is 1860. The summed E-state index contributed by atoms with van der Waals surface area (Å²) in [4.78, 5) is 45.2. The molecule has 6 rings (SSSR count). The first-order chi connectivity index (χ1) is 24.3. The van der Waals surface area contributed by atoms with Gasteiger partial charge in [0.2, 0.25) is 0 Å². The molecule has 2 aliphatic rings. The number of rotatable bonds is 11. The van der Waals surface area contributed by atoms with Gasteiger partial charge in [0.1, 0.15) is 5.69 Å². The van der Waals surface area contributed by atoms with Crippen molar-refractivity contribution in [3.8, 4) is 11.1 Å². The molecule has 262 valence electrons. The minimum absolute atomic E-state index is 0.0357. The Kier molecular flexibility index (Phi) is 11.5. The second-order valence-electron chi connectivity index (χ2n) is 12.4. The number of aliphatic hydroxyl groups is 1. The fraction of sp³-hybridized carbons (Fsp3) is 0.361. The first kappa shape index (κ1) is 35.5. The Balaban J connectivity index is 1.14. The van der Waals surface area contributed by atoms with Crippen LogP contribution in [0.15, 0.2) is 60.8 Å². The first-order valence-electron chi connectivity index (χ1n) is 16.6. The van der Waals surface area contributed by atoms with Crippen LogP contribution in [-0.2, 0) is 22.6 Å². The second kappa shape index (κ2) is 16.1. The summed E-state index contributed by atoms with van der Waals surface area (Å²) in [6.45, 7) is 3.31. The van der Waals surface area contributed by atoms with Crippen LogP contribution in [0.25, 0.3) is 11.1 Å². The number of hydrogen-bond acceptors (Lipinski definition) is 9. The lowest BCUT2D eigenvalue weighted by Crippen LogP contribution is -2.40. The highest BCUT2D eigenvalue weighted by atomic mass is 35.5. The zero-order chi connectivity index (χ0) is 35.2. The van der Waals surface area contributed by atoms with Crippen molar-refractivity contribution in [2.75, 3.05) is 44.0 Å². The first-order valence-corrected chi connectivity index (χ1v) is 17.4. The number of carbonyl (C=O) groups excluding carboxylic acids is 3. The number of amides is 2. The van der Waals surface area contributed by atoms with Crippen LogP contribution in [0.1, 0.15) is 64.0 Å². The molecule has 50 heavy (non-hydrogen) atoms. The molecule has 14 heteroatoms. The lowest BCUT2D eigenvalue weighted by atomic mass is 9.93. The van der Waals surface area contributed by atoms with Crippen molar-refractivity contribution in [2.45, 2.75) is 44.8 Å². The van der Waals surface area contributed by atoms with E-state index in [4.69, 9.17) is 33.0 Å². The molecule has 1 unspecified atom stereocenters. The van der Waals surface area contributed by atoms with Crippen molar-refractivity contribution in [2.24, 2.45) is 5.92 Å². The van der Waals surface area contributed by atoms with E-state index in [1.54, 1.807) is 54.7 Å². The number of methoxy groups -OCH3 is 1. The maximum Gasteiger partial charge on any atom is 0.308 e. The lowest BCUT2D eigenvalue weighted by molar-refractivity contribution is -0.147. The summed E-state index contributed by atoms with van der Waals surface area (Å²) in [5, 5.41) is 23.0. The van der Waals surface area contributed by atoms with Crippen LogP contribution in [-0.4, -0.2) is 75.9 Å². The van der Waals surface area contributed by atoms with Gasteiger partial charge in [-0.2, -0.15) is 5.10 Å². The molecule has 2 amide bonds. The molecule has 0 bridgehead atoms. The van der Waals surface area contributed by atoms with Gasteiger partial charge < -0.3 is 25.8 Å². The van der Waals surface area contributed by atoms with Crippen LogP contribution >= 0.6 is 23.2 Å². The van der Waals surface area contributed by atoms with Crippen LogP contribution in [0.2, 0.25) is 10.0 Å². The van der Waals surface area contributed by atoms with Crippen LogP contribution in [0.3, 0.4) is 0 Å². The van der Waals surface area contributed by atoms with Gasteiger partial charge in [-0.25, -0.2) is 0 Å². The normalized spacial score (nSPS) is 16.4. The Morgan fingerprint density at radius 1 is 0.900 bits per heavy atom. The number of pyridine rings is 1. The number of nitrogens with one attached hydrogen (secondary N) is 3. The van der Waals surface area contributed by atoms with E-state index in [1.165, 1.54) is 7.11 Å². The topological polar surface area (TPSA) is 151 Å². The molecule has 1 saturated heterocycles. The van der Waals surface area contributed by atoms with E-state index in [1.807, 2.05) is 10.7 Å². The number of hydrogen-bond donors (Lipinski definition) is 4. The van der Waals surface area contributed by atoms with E-state index < -0.39 is 5.91 Å². The number of aliphatic hydroxyl groups excluding tert-OH is 1. The van der Waals surface area contributed by atoms with Crippen molar-refractivity contribution in [1.29, 1.82) is 0 Å². The summed E-state index contributed by atoms with van der Waals surface area (Å²) in [5.74, 6) is -1.04. The van der Waals surface area contributed by atoms with Crippen LogP contribution in [0.4, 0.5) is 11.4 Å². The highest BCUT2D eigenvalue weighted by molar-refractivity contribution is 6.40. The Hall–Kier alpha value is -4.33. The predicted octanol–water partition coefficient (Wildman–Crippen LogP) is 5.56. The molecule has 2 aliphatic heterocycles. The van der Waals surface area contributed by atoms with Crippen molar-refractivity contribution in [1.82, 2.24) is 25.0 Å². The fourth-order valence-corrected chi connectivity index (χ4v) is 7.13. The number of benzene rings is 2. The Morgan fingerprint density at radius 2 is 1.56 bits per heavy atom. The number of likely N-dealkylation sites (tertiary alicyclic amines) is 1. The van der Waals surface area contributed by atoms with Gasteiger partial charge in [-0.1, -0.05) is 53.5 Å². The average Bonchev–Trinajstić information content (AvgIpc) is 3.59. The van der Waals surface area contributed by atoms with Crippen LogP contribution in [0.5, 0.6) is 0 Å². The van der Waals surface area contributed by atoms with Gasteiger partial charge >= 0.3 is 5.97 Å². The molecule has 4 heterocycles. The Morgan fingerprint density at radius 3 is 2.16 bits per heavy atom. The number of fused-ring (bicyclic) bond motifs is 1. The summed E-state index contributed by atoms with van der Waals surface area (Å²) in [5.41, 5.74) is 4.29. The summed E-state index contributed by atoms with van der Waals surface area (Å²) < 4.78 is 6.85. The van der Waals surface area contributed by atoms with Gasteiger partial charge in [-0.05, 0) is 68.6 Å². The van der Waals surface area contributed by atoms with Gasteiger partial charge in [0.25, 0.3) is 11.8 Å². The number of aryl methyl sites for hydroxylation is 1. The molecule has 2 aromatic carbocycles. The molecule has 2 aromatic heterocycles. The standard InChI is InChI=1S/C36H39Cl2N7O5/c1-50-36(49)23-12-16-44(17-13-23)30-9-4-15-45-31(30)19-29(43-45)35(48)42-27-8-3-6-25(33(27)38)24-5-2-7-26(32(24)37)41-34(47)28-11-10-22(21-40-28)20-39-14-18-46/h2-3,5-8,10-11,19,21,23,30,39,46H,4,9,12-18,20H2,1H3,(H,41,47)(H,42,48). The molecule has 0 spiro atoms. The quantitative estimate of drug-likeness (QED) is 0.115. The highest BCUT2D eigenvalue weighted by Gasteiger charge is 2.33. The largest absolute Gasteiger partial charge is 0.469 e. The van der Waals surface area contributed by atoms with E-state index in [-0.39, 0.29) is 46.2 Å². The van der Waals surface area contributed by atoms with Crippen molar-refractivity contribution >= 4 is 52.4 Å². The molecular weight excluding hydrogens is 681 g/mol. The van der Waals surface area contributed by atoms with Gasteiger partial charge in [0, 0.05) is 37.0 Å². The Labute approximate surface area is 300 Å². The highest BCUT2D eigenvalue weighted by Crippen LogP contribution is 2.40. The van der Waals surface area contributed by atoms with Crippen molar-refractivity contribution in [3.05, 3.63) is 93.5 Å². The zero-order valence-corrected chi connectivity index (χ0v) is 29.1. The number of ether oxygens (including phenoxy) is 1. The van der Waals surface area contributed by atoms with E-state index >= 15 is 0 Å². The summed E-state index contributed by atoms with van der Waals surface area (Å²) in [6, 6.07) is 15.9. The van der Waals surface area contributed by atoms with E-state index in [2.05, 4.69) is 30.9 Å². The summed E-state index contributed by atoms with van der Waals surface area (Å²) in [7, 11) is 1.43. The molecule has 12 nitrogen and oxygen atoms in total. The van der Waals surface area contributed by atoms with Crippen LogP contribution in [0, 0.1) is 5.92 Å². The monoisotopic (exact) mass is 719 g/mol. The SMILES string of the molecule is COC(=O)C1CCN(C2CCCn3nc(C(=O)Nc4cccc(-c5cccc(NC(=O)c6ccc(CNCCO)cn6)c5Cl)c4Cl)cc32)CC1. The van der Waals surface area contributed by atoms with Crippen molar-refractivity contribution < 1.29 is 24.2 Å². The molecule has 4 N–H and O–H groups in total. The molecule has 4 aromatic rings. The zero-order valence-electron chi connectivity index (χ0n) is 27.6. The van der Waals surface area contributed by atoms with Gasteiger partial charge in [-0.15, -0.1) is 0 Å². The third-order valence-electron chi connectivity index (χ3n) is 9.20. The summed E-state index contributed by atoms with van der Waals surface area (Å²) >= 11 is 13.7. The number of esters is 1. The predicted molar refractivity (Wildman–Crippen MR) is 191 cm³/mol. The number of piperidine rings is 1. The average molecular weight is 721 g/mol. The lowest BCUT2D eigenvalue weighted by Gasteiger charge is -2.38.